The summed E-state index contributed by atoms with van der Waals surface area (Å²) in [4.78, 5) is 23.4. The van der Waals surface area contributed by atoms with Crippen LogP contribution < -0.4 is 5.32 Å². The van der Waals surface area contributed by atoms with Gasteiger partial charge in [-0.25, -0.2) is 0 Å². The number of halogens is 2. The molecule has 1 aromatic carbocycles. The molecule has 0 aliphatic heterocycles. The minimum Gasteiger partial charge on any atom is -0.481 e. The summed E-state index contributed by atoms with van der Waals surface area (Å²) in [5.41, 5.74) is 0.235. The van der Waals surface area contributed by atoms with Crippen LogP contribution >= 0.6 is 23.2 Å². The highest BCUT2D eigenvalue weighted by atomic mass is 35.5. The van der Waals surface area contributed by atoms with Gasteiger partial charge in [0.05, 0.1) is 17.9 Å². The molecule has 1 fully saturated rings. The Morgan fingerprint density at radius 2 is 1.90 bits per heavy atom. The molecule has 0 heterocycles. The zero-order chi connectivity index (χ0) is 15.9. The molecule has 0 spiro atoms. The fourth-order valence-electron chi connectivity index (χ4n) is 2.82. The van der Waals surface area contributed by atoms with E-state index in [4.69, 9.17) is 28.3 Å². The third-order valence-electron chi connectivity index (χ3n) is 4.16. The van der Waals surface area contributed by atoms with E-state index in [9.17, 15) is 9.59 Å². The average molecular weight is 330 g/mol. The molecule has 3 unspecified atom stereocenters. The van der Waals surface area contributed by atoms with Crippen LogP contribution in [0.3, 0.4) is 0 Å². The van der Waals surface area contributed by atoms with E-state index in [2.05, 4.69) is 5.32 Å². The molecule has 2 N–H and O–H groups in total. The lowest BCUT2D eigenvalue weighted by Gasteiger charge is -2.16. The largest absolute Gasteiger partial charge is 0.481 e. The van der Waals surface area contributed by atoms with Crippen molar-refractivity contribution in [3.8, 4) is 0 Å². The fourth-order valence-corrected chi connectivity index (χ4v) is 3.39. The Labute approximate surface area is 133 Å². The van der Waals surface area contributed by atoms with Crippen LogP contribution in [-0.4, -0.2) is 17.0 Å². The lowest BCUT2D eigenvalue weighted by atomic mass is 10.1. The summed E-state index contributed by atoms with van der Waals surface area (Å²) in [7, 11) is 0. The van der Waals surface area contributed by atoms with Gasteiger partial charge in [-0.1, -0.05) is 43.1 Å². The van der Waals surface area contributed by atoms with Gasteiger partial charge in [0.2, 0.25) is 5.91 Å². The van der Waals surface area contributed by atoms with Gasteiger partial charge in [-0.3, -0.25) is 9.59 Å². The highest BCUT2D eigenvalue weighted by molar-refractivity contribution is 6.35. The highest BCUT2D eigenvalue weighted by Gasteiger charge is 2.65. The molecule has 1 aliphatic rings. The van der Waals surface area contributed by atoms with Gasteiger partial charge in [0.25, 0.3) is 0 Å². The van der Waals surface area contributed by atoms with Crippen LogP contribution in [-0.2, 0) is 9.59 Å². The van der Waals surface area contributed by atoms with Crippen molar-refractivity contribution in [1.29, 1.82) is 0 Å². The summed E-state index contributed by atoms with van der Waals surface area (Å²) in [6.45, 7) is 5.38. The molecule has 1 saturated carbocycles. The third kappa shape index (κ3) is 3.01. The number of carboxylic acids is 1. The molecule has 21 heavy (non-hydrogen) atoms. The first-order valence-electron chi connectivity index (χ1n) is 6.64. The Bertz CT molecular complexity index is 601. The standard InChI is InChI=1S/C15H17Cl2NO3/c1-7(9-5-4-8(16)6-10(9)17)18-13(19)11-12(14(20)21)15(11,2)3/h4-7,11-12H,1-3H3,(H,18,19)(H,20,21). The predicted molar refractivity (Wildman–Crippen MR) is 81.4 cm³/mol. The molecule has 114 valence electrons. The van der Waals surface area contributed by atoms with Gasteiger partial charge in [0.1, 0.15) is 0 Å². The van der Waals surface area contributed by atoms with E-state index in [1.54, 1.807) is 39.0 Å². The van der Waals surface area contributed by atoms with E-state index >= 15 is 0 Å². The molecular weight excluding hydrogens is 313 g/mol. The third-order valence-corrected chi connectivity index (χ3v) is 4.73. The first-order valence-corrected chi connectivity index (χ1v) is 7.40. The topological polar surface area (TPSA) is 66.4 Å². The van der Waals surface area contributed by atoms with Crippen LogP contribution in [0.15, 0.2) is 18.2 Å². The highest BCUT2D eigenvalue weighted by Crippen LogP contribution is 2.58. The van der Waals surface area contributed by atoms with Gasteiger partial charge < -0.3 is 10.4 Å². The second-order valence-electron chi connectivity index (χ2n) is 6.01. The molecule has 6 heteroatoms. The minimum atomic E-state index is -0.933. The van der Waals surface area contributed by atoms with Crippen LogP contribution in [0.25, 0.3) is 0 Å². The maximum absolute atomic E-state index is 12.3. The first kappa shape index (κ1) is 16.1. The SMILES string of the molecule is CC(NC(=O)C1C(C(=O)O)C1(C)C)c1ccc(Cl)cc1Cl. The molecule has 4 nitrogen and oxygen atoms in total. The van der Waals surface area contributed by atoms with Crippen LogP contribution in [0.4, 0.5) is 0 Å². The van der Waals surface area contributed by atoms with Crippen molar-refractivity contribution >= 4 is 35.1 Å². The van der Waals surface area contributed by atoms with Crippen molar-refractivity contribution < 1.29 is 14.7 Å². The van der Waals surface area contributed by atoms with Crippen molar-refractivity contribution in [1.82, 2.24) is 5.32 Å². The van der Waals surface area contributed by atoms with E-state index in [1.807, 2.05) is 0 Å². The first-order chi connectivity index (χ1) is 9.66. The molecule has 2 rings (SSSR count). The number of amides is 1. The quantitative estimate of drug-likeness (QED) is 0.887. The van der Waals surface area contributed by atoms with Gasteiger partial charge in [0.15, 0.2) is 0 Å². The molecule has 0 radical (unpaired) electrons. The zero-order valence-corrected chi connectivity index (χ0v) is 13.5. The summed E-state index contributed by atoms with van der Waals surface area (Å²) in [5.74, 6) is -2.34. The van der Waals surface area contributed by atoms with E-state index in [1.165, 1.54) is 0 Å². The molecular formula is C15H17Cl2NO3. The maximum atomic E-state index is 12.3. The van der Waals surface area contributed by atoms with Crippen LogP contribution in [0, 0.1) is 17.3 Å². The Morgan fingerprint density at radius 1 is 1.29 bits per heavy atom. The number of rotatable bonds is 4. The van der Waals surface area contributed by atoms with Crippen molar-refractivity contribution in [2.24, 2.45) is 17.3 Å². The van der Waals surface area contributed by atoms with Crippen LogP contribution in [0.5, 0.6) is 0 Å². The lowest BCUT2D eigenvalue weighted by Crippen LogP contribution is -2.30. The monoisotopic (exact) mass is 329 g/mol. The molecule has 1 aromatic rings. The summed E-state index contributed by atoms with van der Waals surface area (Å²) in [6, 6.07) is 4.75. The number of hydrogen-bond donors (Lipinski definition) is 2. The smallest absolute Gasteiger partial charge is 0.307 e. The van der Waals surface area contributed by atoms with Gasteiger partial charge >= 0.3 is 5.97 Å². The number of nitrogens with one attached hydrogen (secondary N) is 1. The fraction of sp³-hybridized carbons (Fsp3) is 0.467. The molecule has 1 amide bonds. The number of aliphatic carboxylic acids is 1. The van der Waals surface area contributed by atoms with E-state index in [-0.39, 0.29) is 11.9 Å². The normalized spacial score (nSPS) is 24.2. The molecule has 1 aliphatic carbocycles. The van der Waals surface area contributed by atoms with Gasteiger partial charge in [-0.2, -0.15) is 0 Å². The van der Waals surface area contributed by atoms with Crippen molar-refractivity contribution in [3.63, 3.8) is 0 Å². The van der Waals surface area contributed by atoms with Crippen LogP contribution in [0.1, 0.15) is 32.4 Å². The summed E-state index contributed by atoms with van der Waals surface area (Å²) >= 11 is 12.0. The predicted octanol–water partition coefficient (Wildman–Crippen LogP) is 3.53. The number of hydrogen-bond acceptors (Lipinski definition) is 2. The van der Waals surface area contributed by atoms with Crippen molar-refractivity contribution in [2.45, 2.75) is 26.8 Å². The second kappa shape index (κ2) is 5.50. The number of carbonyl (C=O) groups is 2. The number of benzene rings is 1. The zero-order valence-electron chi connectivity index (χ0n) is 12.0. The Morgan fingerprint density at radius 3 is 2.38 bits per heavy atom. The van der Waals surface area contributed by atoms with Crippen LogP contribution in [0.2, 0.25) is 10.0 Å². The lowest BCUT2D eigenvalue weighted by molar-refractivity contribution is -0.140. The maximum Gasteiger partial charge on any atom is 0.307 e. The molecule has 3 atom stereocenters. The summed E-state index contributed by atoms with van der Waals surface area (Å²) < 4.78 is 0. The molecule has 0 saturated heterocycles. The minimum absolute atomic E-state index is 0.258. The van der Waals surface area contributed by atoms with Crippen molar-refractivity contribution in [3.05, 3.63) is 33.8 Å². The van der Waals surface area contributed by atoms with E-state index in [0.717, 1.165) is 5.56 Å². The van der Waals surface area contributed by atoms with Gasteiger partial charge in [0, 0.05) is 10.0 Å². The number of carbonyl (C=O) groups excluding carboxylic acids is 1. The van der Waals surface area contributed by atoms with E-state index in [0.29, 0.717) is 10.0 Å². The van der Waals surface area contributed by atoms with Crippen molar-refractivity contribution in [2.75, 3.05) is 0 Å². The summed E-state index contributed by atoms with van der Waals surface area (Å²) in [6.07, 6.45) is 0. The molecule has 0 aromatic heterocycles. The van der Waals surface area contributed by atoms with E-state index < -0.39 is 23.2 Å². The number of carboxylic acid groups (broad SMARTS) is 1. The average Bonchev–Trinajstić information content (AvgIpc) is 2.92. The van der Waals surface area contributed by atoms with Gasteiger partial charge in [-0.05, 0) is 30.0 Å². The van der Waals surface area contributed by atoms with Gasteiger partial charge in [-0.15, -0.1) is 0 Å². The summed E-state index contributed by atoms with van der Waals surface area (Å²) in [5, 5.41) is 12.9. The second-order valence-corrected chi connectivity index (χ2v) is 6.85. The Hall–Kier alpha value is -1.26. The molecule has 0 bridgehead atoms. The Balaban J connectivity index is 2.08. The Kier molecular flexibility index (Phi) is 4.22.